The van der Waals surface area contributed by atoms with Gasteiger partial charge >= 0.3 is 0 Å². The molecule has 1 rings (SSSR count). The normalized spacial score (nSPS) is 11.7. The van der Waals surface area contributed by atoms with Gasteiger partial charge in [0.15, 0.2) is 11.6 Å². The predicted molar refractivity (Wildman–Crippen MR) is 65.6 cm³/mol. The first-order valence-electron chi connectivity index (χ1n) is 4.96. The highest BCUT2D eigenvalue weighted by molar-refractivity contribution is 6.72. The van der Waals surface area contributed by atoms with Crippen LogP contribution in [0.5, 0.6) is 0 Å². The zero-order chi connectivity index (χ0) is 13.0. The molecule has 0 spiro atoms. The molecule has 1 aromatic rings. The van der Waals surface area contributed by atoms with Crippen LogP contribution >= 0.6 is 11.6 Å². The molecule has 0 amide bonds. The largest absolute Gasteiger partial charge is 0.294 e. The van der Waals surface area contributed by atoms with E-state index in [4.69, 9.17) is 11.6 Å². The zero-order valence-corrected chi connectivity index (χ0v) is 10.2. The second kappa shape index (κ2) is 5.55. The van der Waals surface area contributed by atoms with Gasteiger partial charge in [-0.05, 0) is 31.0 Å². The van der Waals surface area contributed by atoms with Crippen molar-refractivity contribution in [3.05, 3.63) is 41.5 Å². The van der Waals surface area contributed by atoms with Gasteiger partial charge in [0.25, 0.3) is 5.24 Å². The molecule has 0 aromatic heterocycles. The van der Waals surface area contributed by atoms with Gasteiger partial charge in [-0.25, -0.2) is 0 Å². The summed E-state index contributed by atoms with van der Waals surface area (Å²) in [6, 6.07) is 8.51. The molecule has 17 heavy (non-hydrogen) atoms. The van der Waals surface area contributed by atoms with Gasteiger partial charge in [-0.3, -0.25) is 14.4 Å². The Kier molecular flexibility index (Phi) is 4.35. The number of rotatable bonds is 4. The fraction of sp³-hybridized carbons (Fsp3) is 0.154. The van der Waals surface area contributed by atoms with E-state index >= 15 is 0 Å². The SMILES string of the molecule is CC(=O)C(C(=O)Cl)=C(C(C)=O)c1ccccc1. The summed E-state index contributed by atoms with van der Waals surface area (Å²) < 4.78 is 0. The minimum atomic E-state index is -0.911. The van der Waals surface area contributed by atoms with Crippen molar-refractivity contribution in [2.75, 3.05) is 0 Å². The summed E-state index contributed by atoms with van der Waals surface area (Å²) in [5.41, 5.74) is 0.322. The second-order valence-corrected chi connectivity index (χ2v) is 3.85. The quantitative estimate of drug-likeness (QED) is 0.357. The van der Waals surface area contributed by atoms with Crippen LogP contribution in [0, 0.1) is 0 Å². The topological polar surface area (TPSA) is 51.2 Å². The summed E-state index contributed by atoms with van der Waals surface area (Å²) in [6.45, 7) is 2.51. The number of carbonyl (C=O) groups is 3. The van der Waals surface area contributed by atoms with Crippen LogP contribution in [0.15, 0.2) is 35.9 Å². The minimum absolute atomic E-state index is 0.0677. The van der Waals surface area contributed by atoms with Gasteiger partial charge in [-0.15, -0.1) is 0 Å². The molecule has 0 radical (unpaired) electrons. The lowest BCUT2D eigenvalue weighted by Gasteiger charge is -2.07. The zero-order valence-electron chi connectivity index (χ0n) is 9.49. The number of benzene rings is 1. The molecule has 0 N–H and O–H groups in total. The van der Waals surface area contributed by atoms with Gasteiger partial charge in [-0.1, -0.05) is 30.3 Å². The molecule has 0 saturated carbocycles. The number of ketones is 2. The van der Waals surface area contributed by atoms with Crippen molar-refractivity contribution in [2.45, 2.75) is 13.8 Å². The third-order valence-electron chi connectivity index (χ3n) is 2.21. The molecule has 0 aliphatic carbocycles. The molecule has 0 aliphatic heterocycles. The number of hydrogen-bond donors (Lipinski definition) is 0. The van der Waals surface area contributed by atoms with Crippen LogP contribution < -0.4 is 0 Å². The first-order valence-corrected chi connectivity index (χ1v) is 5.34. The van der Waals surface area contributed by atoms with Gasteiger partial charge in [-0.2, -0.15) is 0 Å². The molecule has 0 atom stereocenters. The van der Waals surface area contributed by atoms with Crippen LogP contribution in [0.2, 0.25) is 0 Å². The summed E-state index contributed by atoms with van der Waals surface area (Å²) in [5.74, 6) is -0.880. The van der Waals surface area contributed by atoms with Crippen LogP contribution in [0.25, 0.3) is 5.57 Å². The number of Topliss-reactive ketones (excluding diaryl/α,β-unsaturated/α-hetero) is 2. The van der Waals surface area contributed by atoms with Gasteiger partial charge in [0.05, 0.1) is 5.57 Å². The Bertz CT molecular complexity index is 485. The van der Waals surface area contributed by atoms with E-state index in [0.717, 1.165) is 0 Å². The lowest BCUT2D eigenvalue weighted by molar-refractivity contribution is -0.118. The number of halogens is 1. The van der Waals surface area contributed by atoms with Crippen molar-refractivity contribution in [1.29, 1.82) is 0 Å². The Balaban J connectivity index is 3.55. The highest BCUT2D eigenvalue weighted by Crippen LogP contribution is 2.22. The van der Waals surface area contributed by atoms with E-state index in [1.54, 1.807) is 30.3 Å². The number of hydrogen-bond acceptors (Lipinski definition) is 3. The van der Waals surface area contributed by atoms with Crippen molar-refractivity contribution in [3.8, 4) is 0 Å². The maximum atomic E-state index is 11.6. The van der Waals surface area contributed by atoms with Crippen molar-refractivity contribution in [2.24, 2.45) is 0 Å². The van der Waals surface area contributed by atoms with Crippen LogP contribution in [-0.2, 0) is 14.4 Å². The first-order chi connectivity index (χ1) is 7.95. The molecule has 3 nitrogen and oxygen atoms in total. The minimum Gasteiger partial charge on any atom is -0.294 e. The van der Waals surface area contributed by atoms with E-state index in [9.17, 15) is 14.4 Å². The summed E-state index contributed by atoms with van der Waals surface area (Å²) in [5, 5.41) is -0.911. The molecular formula is C13H11ClO3. The molecule has 1 aromatic carbocycles. The van der Waals surface area contributed by atoms with Gasteiger partial charge < -0.3 is 0 Å². The molecule has 0 fully saturated rings. The van der Waals surface area contributed by atoms with Crippen molar-refractivity contribution in [1.82, 2.24) is 0 Å². The second-order valence-electron chi connectivity index (χ2n) is 3.50. The van der Waals surface area contributed by atoms with Gasteiger partial charge in [0.2, 0.25) is 0 Å². The predicted octanol–water partition coefficient (Wildman–Crippen LogP) is 2.38. The Morgan fingerprint density at radius 2 is 1.47 bits per heavy atom. The molecule has 4 heteroatoms. The van der Waals surface area contributed by atoms with E-state index in [2.05, 4.69) is 0 Å². The fourth-order valence-electron chi connectivity index (χ4n) is 1.54. The molecule has 0 heterocycles. The van der Waals surface area contributed by atoms with Crippen LogP contribution in [0.4, 0.5) is 0 Å². The summed E-state index contributed by atoms with van der Waals surface area (Å²) >= 11 is 5.36. The summed E-state index contributed by atoms with van der Waals surface area (Å²) in [4.78, 5) is 34.2. The summed E-state index contributed by atoms with van der Waals surface area (Å²) in [6.07, 6.45) is 0. The first kappa shape index (κ1) is 13.3. The molecule has 0 bridgehead atoms. The molecule has 0 saturated heterocycles. The highest BCUT2D eigenvalue weighted by Gasteiger charge is 2.22. The Hall–Kier alpha value is -1.74. The van der Waals surface area contributed by atoms with Crippen LogP contribution in [0.3, 0.4) is 0 Å². The Morgan fingerprint density at radius 3 is 1.82 bits per heavy atom. The lowest BCUT2D eigenvalue weighted by Crippen LogP contribution is -2.12. The maximum absolute atomic E-state index is 11.6. The summed E-state index contributed by atoms with van der Waals surface area (Å²) in [7, 11) is 0. The average molecular weight is 251 g/mol. The van der Waals surface area contributed by atoms with E-state index in [-0.39, 0.29) is 16.9 Å². The standard InChI is InChI=1S/C13H11ClO3/c1-8(15)11(10-6-4-3-5-7-10)12(9(2)16)13(14)17/h3-7H,1-2H3. The molecule has 0 aliphatic rings. The highest BCUT2D eigenvalue weighted by atomic mass is 35.5. The van der Waals surface area contributed by atoms with Crippen molar-refractivity contribution >= 4 is 34.0 Å². The Morgan fingerprint density at radius 1 is 0.941 bits per heavy atom. The average Bonchev–Trinajstić information content (AvgIpc) is 2.25. The number of allylic oxidation sites excluding steroid dienone is 2. The van der Waals surface area contributed by atoms with E-state index < -0.39 is 11.0 Å². The Labute approximate surface area is 104 Å². The van der Waals surface area contributed by atoms with Crippen LogP contribution in [-0.4, -0.2) is 16.8 Å². The molecule has 88 valence electrons. The van der Waals surface area contributed by atoms with E-state index in [1.807, 2.05) is 0 Å². The smallest absolute Gasteiger partial charge is 0.256 e. The van der Waals surface area contributed by atoms with Crippen LogP contribution in [0.1, 0.15) is 19.4 Å². The maximum Gasteiger partial charge on any atom is 0.256 e. The van der Waals surface area contributed by atoms with Gasteiger partial charge in [0, 0.05) is 5.57 Å². The van der Waals surface area contributed by atoms with E-state index in [0.29, 0.717) is 5.56 Å². The third kappa shape index (κ3) is 3.11. The number of carbonyl (C=O) groups excluding carboxylic acids is 3. The molecule has 0 unspecified atom stereocenters. The third-order valence-corrected chi connectivity index (χ3v) is 2.40. The monoisotopic (exact) mass is 250 g/mol. The van der Waals surface area contributed by atoms with Crippen molar-refractivity contribution in [3.63, 3.8) is 0 Å². The van der Waals surface area contributed by atoms with Crippen molar-refractivity contribution < 1.29 is 14.4 Å². The van der Waals surface area contributed by atoms with Gasteiger partial charge in [0.1, 0.15) is 0 Å². The lowest BCUT2D eigenvalue weighted by atomic mass is 9.95. The molecular weight excluding hydrogens is 240 g/mol. The fourth-order valence-corrected chi connectivity index (χ4v) is 1.77. The van der Waals surface area contributed by atoms with E-state index in [1.165, 1.54) is 13.8 Å².